The summed E-state index contributed by atoms with van der Waals surface area (Å²) < 4.78 is 2.92. The van der Waals surface area contributed by atoms with Crippen LogP contribution in [0.3, 0.4) is 0 Å². The molecule has 6 aromatic carbocycles. The van der Waals surface area contributed by atoms with Crippen LogP contribution in [0.1, 0.15) is 134 Å². The van der Waals surface area contributed by atoms with Crippen molar-refractivity contribution in [2.24, 2.45) is 0 Å². The van der Waals surface area contributed by atoms with Crippen LogP contribution in [0.4, 0.5) is 11.4 Å². The molecule has 0 heterocycles. The van der Waals surface area contributed by atoms with E-state index in [1.807, 2.05) is 0 Å². The summed E-state index contributed by atoms with van der Waals surface area (Å²) in [5.41, 5.74) is 9.27. The average molecular weight is 884 g/mol. The Balaban J connectivity index is 0.000000192. The zero-order valence-corrected chi connectivity index (χ0v) is 41.9. The van der Waals surface area contributed by atoms with E-state index < -0.39 is 14.1 Å². The van der Waals surface area contributed by atoms with Gasteiger partial charge in [0.1, 0.15) is 6.54 Å². The number of hydrogen-bond acceptors (Lipinski definition) is 1. The molecule has 2 aliphatic carbocycles. The molecule has 6 aromatic rings. The molecule has 64 heavy (non-hydrogen) atoms. The Hall–Kier alpha value is -4.87. The monoisotopic (exact) mass is 884 g/mol. The number of rotatable bonds is 13. The zero-order valence-electron chi connectivity index (χ0n) is 40.1. The van der Waals surface area contributed by atoms with Gasteiger partial charge >= 0.3 is 0 Å². The molecule has 332 valence electrons. The Bertz CT molecular complexity index is 2480. The number of para-hydroxylation sites is 2. The lowest BCUT2D eigenvalue weighted by atomic mass is 9.92. The number of allylic oxidation sites excluding steroid dienone is 4. The summed E-state index contributed by atoms with van der Waals surface area (Å²) in [6.07, 6.45) is 14.3. The molecular weight excluding hydrogens is 811 g/mol. The van der Waals surface area contributed by atoms with Crippen molar-refractivity contribution in [3.63, 3.8) is 0 Å². The van der Waals surface area contributed by atoms with Crippen LogP contribution in [-0.2, 0) is 0 Å². The topological polar surface area (TPSA) is 15.0 Å². The third-order valence-corrected chi connectivity index (χ3v) is 22.2. The molecule has 1 saturated carbocycles. The van der Waals surface area contributed by atoms with Gasteiger partial charge in [-0.15, -0.1) is 0 Å². The van der Waals surface area contributed by atoms with Gasteiger partial charge in [-0.1, -0.05) is 226 Å². The zero-order chi connectivity index (χ0) is 45.3. The molecule has 0 amide bonds. The molecule has 4 heteroatoms. The lowest BCUT2D eigenvalue weighted by Gasteiger charge is -2.34. The second-order valence-electron chi connectivity index (χ2n) is 18.8. The van der Waals surface area contributed by atoms with E-state index in [-0.39, 0.29) is 0 Å². The van der Waals surface area contributed by atoms with Crippen molar-refractivity contribution in [1.29, 1.82) is 0 Å². The fourth-order valence-corrected chi connectivity index (χ4v) is 19.5. The maximum absolute atomic E-state index is 4.24. The van der Waals surface area contributed by atoms with Gasteiger partial charge in [0.15, 0.2) is 7.05 Å². The molecule has 0 spiro atoms. The molecule has 0 radical (unpaired) electrons. The second-order valence-corrected chi connectivity index (χ2v) is 25.6. The molecule has 2 aliphatic rings. The van der Waals surface area contributed by atoms with Crippen LogP contribution in [-0.4, -0.2) is 21.8 Å². The van der Waals surface area contributed by atoms with E-state index in [1.165, 1.54) is 75.2 Å². The Morgan fingerprint density at radius 2 is 0.828 bits per heavy atom. The largest absolute Gasteiger partial charge is 0.358 e. The molecule has 8 rings (SSSR count). The smallest absolute Gasteiger partial charge is 0.207 e. The van der Waals surface area contributed by atoms with Crippen LogP contribution in [0.2, 0.25) is 0 Å². The second kappa shape index (κ2) is 21.4. The van der Waals surface area contributed by atoms with Gasteiger partial charge in [0.2, 0.25) is 5.69 Å². The normalized spacial score (nSPS) is 14.2. The molecule has 0 atom stereocenters. The highest BCUT2D eigenvalue weighted by Gasteiger charge is 2.45. The molecule has 0 unspecified atom stereocenters. The van der Waals surface area contributed by atoms with Gasteiger partial charge < -0.3 is 5.09 Å². The van der Waals surface area contributed by atoms with Gasteiger partial charge in [-0.25, -0.2) is 4.33 Å². The summed E-state index contributed by atoms with van der Waals surface area (Å²) in [5, 5.41) is 11.4. The highest BCUT2D eigenvalue weighted by Crippen LogP contribution is 2.60. The quantitative estimate of drug-likeness (QED) is 0.114. The van der Waals surface area contributed by atoms with E-state index in [1.54, 1.807) is 10.6 Å². The van der Waals surface area contributed by atoms with Crippen molar-refractivity contribution in [2.45, 2.75) is 117 Å². The van der Waals surface area contributed by atoms with Gasteiger partial charge in [0, 0.05) is 40.1 Å². The molecule has 0 saturated heterocycles. The van der Waals surface area contributed by atoms with E-state index in [4.69, 9.17) is 0 Å². The summed E-state index contributed by atoms with van der Waals surface area (Å²) in [6.45, 7) is 22.0. The molecule has 1 N–H and O–H groups in total. The SMILES string of the molecule is CC(C)c1cccc(C(C)C)c1NP(=C1C=CC=C1)(c1ccccc1)c1ccccc1.CC[N+](c1c(C(C)C)cccc1C(C)C)=P(c1ccccc1)(c1ccccc1)C1CCCC1. The first-order valence-electron chi connectivity index (χ1n) is 24.1. The van der Waals surface area contributed by atoms with Crippen LogP contribution in [0, 0.1) is 0 Å². The molecule has 2 nitrogen and oxygen atoms in total. The predicted octanol–water partition coefficient (Wildman–Crippen LogP) is 15.6. The lowest BCUT2D eigenvalue weighted by Crippen LogP contribution is -2.31. The minimum atomic E-state index is -2.11. The third-order valence-electron chi connectivity index (χ3n) is 13.4. The summed E-state index contributed by atoms with van der Waals surface area (Å²) >= 11 is 0. The number of benzene rings is 6. The van der Waals surface area contributed by atoms with Crippen LogP contribution in [0.25, 0.3) is 0 Å². The summed E-state index contributed by atoms with van der Waals surface area (Å²) in [5.74, 6) is 1.86. The minimum Gasteiger partial charge on any atom is -0.358 e. The lowest BCUT2D eigenvalue weighted by molar-refractivity contribution is -0.416. The first-order valence-corrected chi connectivity index (χ1v) is 27.7. The van der Waals surface area contributed by atoms with Crippen LogP contribution >= 0.6 is 14.1 Å². The number of nitrogens with zero attached hydrogens (tertiary/aromatic N) is 1. The number of anilines is 1. The van der Waals surface area contributed by atoms with Crippen LogP contribution in [0.15, 0.2) is 182 Å². The predicted molar refractivity (Wildman–Crippen MR) is 287 cm³/mol. The van der Waals surface area contributed by atoms with Gasteiger partial charge in [-0.05, 0) is 94.7 Å². The van der Waals surface area contributed by atoms with Crippen molar-refractivity contribution in [3.05, 3.63) is 204 Å². The third kappa shape index (κ3) is 9.43. The summed E-state index contributed by atoms with van der Waals surface area (Å²) in [4.78, 5) is 0. The summed E-state index contributed by atoms with van der Waals surface area (Å²) in [6, 6.07) is 58.9. The van der Waals surface area contributed by atoms with Crippen LogP contribution < -0.4 is 26.3 Å². The first kappa shape index (κ1) is 47.1. The van der Waals surface area contributed by atoms with E-state index in [0.29, 0.717) is 29.3 Å². The first-order chi connectivity index (χ1) is 31.0. The van der Waals surface area contributed by atoms with Gasteiger partial charge in [0.05, 0.1) is 0 Å². The fourth-order valence-electron chi connectivity index (χ4n) is 10.4. The van der Waals surface area contributed by atoms with Gasteiger partial charge in [-0.3, -0.25) is 0 Å². The van der Waals surface area contributed by atoms with Crippen molar-refractivity contribution < 1.29 is 4.33 Å². The van der Waals surface area contributed by atoms with Gasteiger partial charge in [-0.2, -0.15) is 0 Å². The molecule has 1 fully saturated rings. The highest BCUT2D eigenvalue weighted by atomic mass is 31.2. The number of nitrogens with one attached hydrogen (secondary N) is 1. The Morgan fingerprint density at radius 3 is 1.19 bits per heavy atom. The van der Waals surface area contributed by atoms with E-state index in [0.717, 1.165) is 6.54 Å². The van der Waals surface area contributed by atoms with Crippen molar-refractivity contribution >= 4 is 52.0 Å². The van der Waals surface area contributed by atoms with Crippen LogP contribution in [0.5, 0.6) is 0 Å². The molecular formula is C60H73N2P2+. The minimum absolute atomic E-state index is 0.439. The molecule has 0 bridgehead atoms. The van der Waals surface area contributed by atoms with Gasteiger partial charge in [0.25, 0.3) is 0 Å². The fraction of sp³-hybridized carbons (Fsp3) is 0.317. The summed E-state index contributed by atoms with van der Waals surface area (Å²) in [7, 11) is -3.99. The maximum atomic E-state index is 4.24. The Kier molecular flexibility index (Phi) is 15.8. The highest BCUT2D eigenvalue weighted by molar-refractivity contribution is 7.91. The van der Waals surface area contributed by atoms with Crippen molar-refractivity contribution in [1.82, 2.24) is 0 Å². The standard InChI is InChI=1S/C31H41NP.C29H32NP/c1-6-32(31-29(24(2)3)22-15-23-30(31)25(4)5)33(28-20-13-14-21-28,26-16-9-7-10-17-26)27-18-11-8-12-19-27;1-22(2)27-20-13-21-28(23(3)4)29(27)30-31(26-18-11-12-19-26,24-14-7-5-8-15-24)25-16-9-6-10-17-25/h7-12,15-19,22-25,28H,6,13-14,20-21H2,1-5H3;5-23,30H,1-4H3/q+1;. The van der Waals surface area contributed by atoms with E-state index in [2.05, 4.69) is 254 Å². The molecule has 0 aromatic heterocycles. The van der Waals surface area contributed by atoms with Crippen molar-refractivity contribution in [2.75, 3.05) is 11.6 Å². The average Bonchev–Trinajstić information content (AvgIpc) is 4.08. The van der Waals surface area contributed by atoms with Crippen molar-refractivity contribution in [3.8, 4) is 0 Å². The Labute approximate surface area is 387 Å². The van der Waals surface area contributed by atoms with E-state index in [9.17, 15) is 0 Å². The van der Waals surface area contributed by atoms with E-state index >= 15 is 0 Å². The molecule has 0 aliphatic heterocycles. The number of hydrogen-bond donors (Lipinski definition) is 1. The Morgan fingerprint density at radius 1 is 0.469 bits per heavy atom. The maximum Gasteiger partial charge on any atom is 0.207 e.